The largest absolute Gasteiger partial charge is 0.312 e. The van der Waals surface area contributed by atoms with Gasteiger partial charge in [-0.1, -0.05) is 35.6 Å². The summed E-state index contributed by atoms with van der Waals surface area (Å²) in [6, 6.07) is 12.2. The van der Waals surface area contributed by atoms with Crippen LogP contribution in [0.1, 0.15) is 11.1 Å². The Balaban J connectivity index is 1.95. The zero-order valence-corrected chi connectivity index (χ0v) is 15.5. The number of benzene rings is 2. The highest BCUT2D eigenvalue weighted by molar-refractivity contribution is 7.16. The molecule has 0 atom stereocenters. The Labute approximate surface area is 159 Å². The summed E-state index contributed by atoms with van der Waals surface area (Å²) in [5.74, 6) is -0.428. The van der Waals surface area contributed by atoms with E-state index in [9.17, 15) is 14.9 Å². The number of nitro benzene ring substituents is 1. The van der Waals surface area contributed by atoms with E-state index < -0.39 is 10.8 Å². The molecular weight excluding hydrogens is 362 g/mol. The molecule has 0 aliphatic rings. The highest BCUT2D eigenvalue weighted by Gasteiger charge is 2.07. The molecule has 7 heteroatoms. The van der Waals surface area contributed by atoms with Gasteiger partial charge in [-0.25, -0.2) is 0 Å². The molecule has 1 aromatic heterocycles. The molecule has 1 amide bonds. The van der Waals surface area contributed by atoms with Crippen LogP contribution in [0.2, 0.25) is 0 Å². The van der Waals surface area contributed by atoms with Crippen LogP contribution in [-0.2, 0) is 11.3 Å². The van der Waals surface area contributed by atoms with E-state index in [0.29, 0.717) is 16.9 Å². The smallest absolute Gasteiger partial charge is 0.272 e. The molecule has 6 nitrogen and oxygen atoms in total. The van der Waals surface area contributed by atoms with Gasteiger partial charge in [0.1, 0.15) is 0 Å². The maximum Gasteiger partial charge on any atom is 0.272 e. The first-order valence-corrected chi connectivity index (χ1v) is 9.01. The van der Waals surface area contributed by atoms with Gasteiger partial charge in [-0.15, -0.1) is 6.58 Å². The molecule has 0 fully saturated rings. The molecule has 0 saturated carbocycles. The molecule has 0 aliphatic heterocycles. The molecule has 3 aromatic rings. The van der Waals surface area contributed by atoms with Gasteiger partial charge in [0.25, 0.3) is 11.6 Å². The minimum Gasteiger partial charge on any atom is -0.312 e. The Morgan fingerprint density at radius 3 is 2.89 bits per heavy atom. The van der Waals surface area contributed by atoms with Gasteiger partial charge in [0.2, 0.25) is 0 Å². The van der Waals surface area contributed by atoms with Crippen molar-refractivity contribution in [2.45, 2.75) is 13.5 Å². The third-order valence-corrected chi connectivity index (χ3v) is 4.90. The monoisotopic (exact) mass is 379 g/mol. The number of allylic oxidation sites excluding steroid dienone is 1. The summed E-state index contributed by atoms with van der Waals surface area (Å²) >= 11 is 1.44. The first kappa shape index (κ1) is 18.5. The Bertz CT molecular complexity index is 1140. The number of rotatable bonds is 5. The molecule has 0 bridgehead atoms. The Morgan fingerprint density at radius 1 is 1.33 bits per heavy atom. The van der Waals surface area contributed by atoms with Crippen LogP contribution >= 0.6 is 11.3 Å². The van der Waals surface area contributed by atoms with E-state index in [2.05, 4.69) is 17.6 Å². The van der Waals surface area contributed by atoms with Crippen molar-refractivity contribution in [3.8, 4) is 0 Å². The van der Waals surface area contributed by atoms with E-state index in [1.54, 1.807) is 18.2 Å². The minimum atomic E-state index is -0.471. The third kappa shape index (κ3) is 4.27. The summed E-state index contributed by atoms with van der Waals surface area (Å²) in [5.41, 5.74) is 2.68. The number of thiazole rings is 1. The number of non-ortho nitro benzene ring substituents is 1. The third-order valence-electron chi connectivity index (χ3n) is 3.86. The summed E-state index contributed by atoms with van der Waals surface area (Å²) in [4.78, 5) is 27.4. The van der Waals surface area contributed by atoms with Gasteiger partial charge in [-0.2, -0.15) is 4.99 Å². The van der Waals surface area contributed by atoms with Crippen LogP contribution in [0.5, 0.6) is 0 Å². The average Bonchev–Trinajstić information content (AvgIpc) is 2.97. The number of carbonyl (C=O) groups excluding carboxylic acids is 1. The van der Waals surface area contributed by atoms with Gasteiger partial charge in [0, 0.05) is 24.8 Å². The highest BCUT2D eigenvalue weighted by atomic mass is 32.1. The molecule has 1 heterocycles. The van der Waals surface area contributed by atoms with Gasteiger partial charge in [-0.05, 0) is 36.3 Å². The number of amides is 1. The lowest BCUT2D eigenvalue weighted by atomic mass is 10.2. The van der Waals surface area contributed by atoms with Gasteiger partial charge >= 0.3 is 0 Å². The number of carbonyl (C=O) groups is 1. The second-order valence-electron chi connectivity index (χ2n) is 5.89. The van der Waals surface area contributed by atoms with Crippen molar-refractivity contribution in [3.63, 3.8) is 0 Å². The van der Waals surface area contributed by atoms with Crippen molar-refractivity contribution >= 4 is 39.2 Å². The second-order valence-corrected chi connectivity index (χ2v) is 6.90. The number of aryl methyl sites for hydroxylation is 1. The van der Waals surface area contributed by atoms with Crippen molar-refractivity contribution in [1.82, 2.24) is 4.57 Å². The van der Waals surface area contributed by atoms with Crippen molar-refractivity contribution < 1.29 is 9.72 Å². The summed E-state index contributed by atoms with van der Waals surface area (Å²) < 4.78 is 2.98. The Morgan fingerprint density at radius 2 is 2.15 bits per heavy atom. The minimum absolute atomic E-state index is 0.0229. The van der Waals surface area contributed by atoms with Gasteiger partial charge in [0.05, 0.1) is 15.1 Å². The van der Waals surface area contributed by atoms with Crippen LogP contribution in [-0.4, -0.2) is 15.4 Å². The van der Waals surface area contributed by atoms with Crippen LogP contribution in [0.3, 0.4) is 0 Å². The van der Waals surface area contributed by atoms with Crippen molar-refractivity contribution in [3.05, 3.63) is 87.2 Å². The van der Waals surface area contributed by atoms with Gasteiger partial charge in [-0.3, -0.25) is 14.9 Å². The van der Waals surface area contributed by atoms with Crippen molar-refractivity contribution in [2.24, 2.45) is 4.99 Å². The number of hydrogen-bond acceptors (Lipinski definition) is 4. The summed E-state index contributed by atoms with van der Waals surface area (Å²) in [5, 5.41) is 10.8. The fourth-order valence-electron chi connectivity index (χ4n) is 2.61. The number of fused-ring (bicyclic) bond motifs is 1. The molecule has 27 heavy (non-hydrogen) atoms. The van der Waals surface area contributed by atoms with E-state index in [4.69, 9.17) is 0 Å². The second kappa shape index (κ2) is 7.92. The SMILES string of the molecule is C=CCn1c(=NC(=O)/C=C/c2cccc([N+](=O)[O-])c2)sc2cc(C)ccc21. The number of hydrogen-bond donors (Lipinski definition) is 0. The fourth-order valence-corrected chi connectivity index (χ4v) is 3.76. The fraction of sp³-hybridized carbons (Fsp3) is 0.100. The molecule has 0 unspecified atom stereocenters. The van der Waals surface area contributed by atoms with Gasteiger partial charge < -0.3 is 4.57 Å². The highest BCUT2D eigenvalue weighted by Crippen LogP contribution is 2.19. The standard InChI is InChI=1S/C20H17N3O3S/c1-3-11-22-17-9-7-14(2)12-18(17)27-20(22)21-19(24)10-8-15-5-4-6-16(13-15)23(25)26/h3-10,12-13H,1,11H2,2H3/b10-8+,21-20?. The lowest BCUT2D eigenvalue weighted by molar-refractivity contribution is -0.384. The molecule has 3 rings (SSSR count). The van der Waals surface area contributed by atoms with Crippen LogP contribution in [0.4, 0.5) is 5.69 Å². The first-order chi connectivity index (χ1) is 13.0. The van der Waals surface area contributed by atoms with Crippen molar-refractivity contribution in [2.75, 3.05) is 0 Å². The van der Waals surface area contributed by atoms with Crippen LogP contribution in [0.25, 0.3) is 16.3 Å². The molecule has 0 aliphatic carbocycles. The average molecular weight is 379 g/mol. The predicted molar refractivity (Wildman–Crippen MR) is 107 cm³/mol. The topological polar surface area (TPSA) is 77.5 Å². The number of aromatic nitrogens is 1. The van der Waals surface area contributed by atoms with Crippen LogP contribution < -0.4 is 4.80 Å². The van der Waals surface area contributed by atoms with E-state index in [1.807, 2.05) is 23.6 Å². The Kier molecular flexibility index (Phi) is 5.42. The van der Waals surface area contributed by atoms with E-state index in [1.165, 1.54) is 35.6 Å². The molecule has 0 spiro atoms. The lowest BCUT2D eigenvalue weighted by Crippen LogP contribution is -2.15. The molecule has 0 saturated heterocycles. The van der Waals surface area contributed by atoms with E-state index >= 15 is 0 Å². The van der Waals surface area contributed by atoms with Crippen molar-refractivity contribution in [1.29, 1.82) is 0 Å². The van der Waals surface area contributed by atoms with E-state index in [-0.39, 0.29) is 5.69 Å². The summed E-state index contributed by atoms with van der Waals surface area (Å²) in [6.45, 7) is 6.33. The quantitative estimate of drug-likeness (QED) is 0.288. The van der Waals surface area contributed by atoms with Gasteiger partial charge in [0.15, 0.2) is 4.80 Å². The normalized spacial score (nSPS) is 12.0. The molecule has 0 radical (unpaired) electrons. The van der Waals surface area contributed by atoms with E-state index in [0.717, 1.165) is 15.8 Å². The first-order valence-electron chi connectivity index (χ1n) is 8.20. The molecular formula is C20H17N3O3S. The number of nitro groups is 1. The zero-order valence-electron chi connectivity index (χ0n) is 14.7. The molecule has 136 valence electrons. The maximum absolute atomic E-state index is 12.3. The summed E-state index contributed by atoms with van der Waals surface area (Å²) in [6.07, 6.45) is 4.59. The predicted octanol–water partition coefficient (Wildman–Crippen LogP) is 4.25. The van der Waals surface area contributed by atoms with Crippen LogP contribution in [0.15, 0.2) is 66.2 Å². The zero-order chi connectivity index (χ0) is 19.4. The Hall–Kier alpha value is -3.32. The van der Waals surface area contributed by atoms with Crippen LogP contribution in [0, 0.1) is 17.0 Å². The molecule has 0 N–H and O–H groups in total. The lowest BCUT2D eigenvalue weighted by Gasteiger charge is -2.00. The summed E-state index contributed by atoms with van der Waals surface area (Å²) in [7, 11) is 0. The maximum atomic E-state index is 12.3. The molecule has 2 aromatic carbocycles. The number of nitrogens with zero attached hydrogens (tertiary/aromatic N) is 3.